The van der Waals surface area contributed by atoms with E-state index >= 15 is 0 Å². The zero-order valence-electron chi connectivity index (χ0n) is 11.0. The second-order valence-corrected chi connectivity index (χ2v) is 5.56. The molecular weight excluding hydrogens is 240 g/mol. The lowest BCUT2D eigenvalue weighted by Gasteiger charge is -2.36. The van der Waals surface area contributed by atoms with E-state index in [9.17, 15) is 4.79 Å². The van der Waals surface area contributed by atoms with Crippen LogP contribution in [0, 0.1) is 11.8 Å². The summed E-state index contributed by atoms with van der Waals surface area (Å²) in [6.45, 7) is 5.11. The van der Waals surface area contributed by atoms with Gasteiger partial charge in [-0.15, -0.1) is 0 Å². The number of carboxylic acids is 1. The van der Waals surface area contributed by atoms with Crippen LogP contribution in [0.25, 0.3) is 0 Å². The first kappa shape index (κ1) is 12.5. The van der Waals surface area contributed by atoms with Crippen LogP contribution < -0.4 is 4.90 Å². The number of carboxylic acid groups (broad SMARTS) is 1. The van der Waals surface area contributed by atoms with Crippen LogP contribution in [0.4, 0.5) is 5.69 Å². The topological polar surface area (TPSA) is 43.8 Å². The van der Waals surface area contributed by atoms with E-state index in [-0.39, 0.29) is 5.92 Å². The summed E-state index contributed by atoms with van der Waals surface area (Å²) in [5.41, 5.74) is 1.29. The molecule has 1 aromatic rings. The second-order valence-electron chi connectivity index (χ2n) is 5.56. The van der Waals surface area contributed by atoms with Gasteiger partial charge in [-0.1, -0.05) is 18.2 Å². The lowest BCUT2D eigenvalue weighted by atomic mass is 10.2. The first-order valence-corrected chi connectivity index (χ1v) is 6.99. The van der Waals surface area contributed by atoms with Gasteiger partial charge in [0.25, 0.3) is 0 Å². The highest BCUT2D eigenvalue weighted by Crippen LogP contribution is 2.39. The van der Waals surface area contributed by atoms with Gasteiger partial charge in [-0.3, -0.25) is 9.69 Å². The van der Waals surface area contributed by atoms with E-state index in [1.54, 1.807) is 0 Å². The molecule has 19 heavy (non-hydrogen) atoms. The van der Waals surface area contributed by atoms with Gasteiger partial charge in [0.15, 0.2) is 0 Å². The first-order chi connectivity index (χ1) is 9.24. The Morgan fingerprint density at radius 3 is 2.42 bits per heavy atom. The monoisotopic (exact) mass is 260 g/mol. The van der Waals surface area contributed by atoms with Crippen LogP contribution in [-0.4, -0.2) is 48.7 Å². The highest BCUT2D eigenvalue weighted by molar-refractivity contribution is 5.73. The van der Waals surface area contributed by atoms with Crippen LogP contribution in [0.5, 0.6) is 0 Å². The molecule has 2 atom stereocenters. The average Bonchev–Trinajstić information content (AvgIpc) is 3.20. The minimum absolute atomic E-state index is 0.0767. The fourth-order valence-electron chi connectivity index (χ4n) is 2.91. The molecule has 3 rings (SSSR count). The molecule has 102 valence electrons. The molecule has 4 nitrogen and oxygen atoms in total. The van der Waals surface area contributed by atoms with Crippen molar-refractivity contribution in [3.63, 3.8) is 0 Å². The summed E-state index contributed by atoms with van der Waals surface area (Å²) >= 11 is 0. The number of nitrogens with zero attached hydrogens (tertiary/aromatic N) is 2. The van der Waals surface area contributed by atoms with Gasteiger partial charge in [-0.05, 0) is 24.5 Å². The Morgan fingerprint density at radius 1 is 1.16 bits per heavy atom. The number of piperazine rings is 1. The smallest absolute Gasteiger partial charge is 0.306 e. The zero-order chi connectivity index (χ0) is 13.2. The summed E-state index contributed by atoms with van der Waals surface area (Å²) in [5, 5.41) is 8.92. The van der Waals surface area contributed by atoms with Gasteiger partial charge in [0.2, 0.25) is 0 Å². The molecule has 1 saturated heterocycles. The lowest BCUT2D eigenvalue weighted by molar-refractivity contribution is -0.138. The van der Waals surface area contributed by atoms with Crippen molar-refractivity contribution in [1.29, 1.82) is 0 Å². The number of anilines is 1. The molecule has 1 heterocycles. The van der Waals surface area contributed by atoms with Crippen molar-refractivity contribution >= 4 is 11.7 Å². The van der Waals surface area contributed by atoms with Gasteiger partial charge in [0.05, 0.1) is 5.92 Å². The van der Waals surface area contributed by atoms with Crippen LogP contribution >= 0.6 is 0 Å². The minimum Gasteiger partial charge on any atom is -0.481 e. The van der Waals surface area contributed by atoms with E-state index < -0.39 is 5.97 Å². The fraction of sp³-hybridized carbons (Fsp3) is 0.533. The number of hydrogen-bond donors (Lipinski definition) is 1. The fourth-order valence-corrected chi connectivity index (χ4v) is 2.91. The van der Waals surface area contributed by atoms with E-state index in [0.29, 0.717) is 5.92 Å². The summed E-state index contributed by atoms with van der Waals surface area (Å²) in [7, 11) is 0. The molecule has 1 aliphatic heterocycles. The maximum Gasteiger partial charge on any atom is 0.306 e. The Hall–Kier alpha value is -1.55. The van der Waals surface area contributed by atoms with Crippen LogP contribution in [0.1, 0.15) is 6.42 Å². The summed E-state index contributed by atoms with van der Waals surface area (Å²) < 4.78 is 0. The molecule has 0 radical (unpaired) electrons. The summed E-state index contributed by atoms with van der Waals surface area (Å²) in [6.07, 6.45) is 0.869. The molecule has 1 saturated carbocycles. The van der Waals surface area contributed by atoms with Crippen molar-refractivity contribution < 1.29 is 9.90 Å². The SMILES string of the molecule is O=C(O)C1CC1CN1CCN(c2ccccc2)CC1. The minimum atomic E-state index is -0.618. The van der Waals surface area contributed by atoms with Crippen LogP contribution in [0.2, 0.25) is 0 Å². The third-order valence-electron chi connectivity index (χ3n) is 4.23. The summed E-state index contributed by atoms with van der Waals surface area (Å²) in [6, 6.07) is 10.5. The van der Waals surface area contributed by atoms with E-state index in [4.69, 9.17) is 5.11 Å². The predicted molar refractivity (Wildman–Crippen MR) is 74.3 cm³/mol. The third-order valence-corrected chi connectivity index (χ3v) is 4.23. The molecule has 0 bridgehead atoms. The highest BCUT2D eigenvalue weighted by Gasteiger charge is 2.43. The van der Waals surface area contributed by atoms with Crippen LogP contribution in [0.3, 0.4) is 0 Å². The normalized spacial score (nSPS) is 27.3. The molecule has 2 fully saturated rings. The molecule has 1 N–H and O–H groups in total. The lowest BCUT2D eigenvalue weighted by Crippen LogP contribution is -2.47. The number of rotatable bonds is 4. The van der Waals surface area contributed by atoms with Crippen LogP contribution in [-0.2, 0) is 4.79 Å². The molecule has 0 amide bonds. The zero-order valence-corrected chi connectivity index (χ0v) is 11.0. The number of carbonyl (C=O) groups is 1. The van der Waals surface area contributed by atoms with E-state index in [2.05, 4.69) is 34.1 Å². The maximum absolute atomic E-state index is 10.8. The molecule has 1 aromatic carbocycles. The van der Waals surface area contributed by atoms with Gasteiger partial charge in [0.1, 0.15) is 0 Å². The van der Waals surface area contributed by atoms with Crippen molar-refractivity contribution in [2.45, 2.75) is 6.42 Å². The van der Waals surface area contributed by atoms with Gasteiger partial charge in [-0.2, -0.15) is 0 Å². The second kappa shape index (κ2) is 5.21. The standard InChI is InChI=1S/C15H20N2O2/c18-15(19)14-10-12(14)11-16-6-8-17(9-7-16)13-4-2-1-3-5-13/h1-5,12,14H,6-11H2,(H,18,19). The molecule has 4 heteroatoms. The van der Waals surface area contributed by atoms with Crippen molar-refractivity contribution in [3.8, 4) is 0 Å². The van der Waals surface area contributed by atoms with Crippen molar-refractivity contribution in [3.05, 3.63) is 30.3 Å². The first-order valence-electron chi connectivity index (χ1n) is 6.99. The van der Waals surface area contributed by atoms with Gasteiger partial charge in [0, 0.05) is 38.4 Å². The van der Waals surface area contributed by atoms with Crippen molar-refractivity contribution in [2.75, 3.05) is 37.6 Å². The molecule has 0 spiro atoms. The highest BCUT2D eigenvalue weighted by atomic mass is 16.4. The molecule has 2 unspecified atom stereocenters. The summed E-state index contributed by atoms with van der Waals surface area (Å²) in [4.78, 5) is 15.6. The van der Waals surface area contributed by atoms with Crippen molar-refractivity contribution in [2.24, 2.45) is 11.8 Å². The number of aliphatic carboxylic acids is 1. The predicted octanol–water partition coefficient (Wildman–Crippen LogP) is 1.53. The Balaban J connectivity index is 1.47. The third kappa shape index (κ3) is 2.89. The maximum atomic E-state index is 10.8. The van der Waals surface area contributed by atoms with Gasteiger partial charge < -0.3 is 10.0 Å². The Kier molecular flexibility index (Phi) is 3.42. The number of benzene rings is 1. The molecule has 1 aliphatic carbocycles. The van der Waals surface area contributed by atoms with E-state index in [1.807, 2.05) is 6.07 Å². The average molecular weight is 260 g/mol. The Morgan fingerprint density at radius 2 is 1.84 bits per heavy atom. The molecule has 2 aliphatic rings. The van der Waals surface area contributed by atoms with E-state index in [1.165, 1.54) is 5.69 Å². The largest absolute Gasteiger partial charge is 0.481 e. The number of hydrogen-bond acceptors (Lipinski definition) is 3. The quantitative estimate of drug-likeness (QED) is 0.891. The number of para-hydroxylation sites is 1. The van der Waals surface area contributed by atoms with Gasteiger partial charge >= 0.3 is 5.97 Å². The van der Waals surface area contributed by atoms with Crippen LogP contribution in [0.15, 0.2) is 30.3 Å². The van der Waals surface area contributed by atoms with E-state index in [0.717, 1.165) is 39.1 Å². The van der Waals surface area contributed by atoms with Gasteiger partial charge in [-0.25, -0.2) is 0 Å². The Bertz CT molecular complexity index is 441. The summed E-state index contributed by atoms with van der Waals surface area (Å²) in [5.74, 6) is -0.305. The Labute approximate surface area is 113 Å². The molecule has 0 aromatic heterocycles. The van der Waals surface area contributed by atoms with Crippen molar-refractivity contribution in [1.82, 2.24) is 4.90 Å². The molecular formula is C15H20N2O2.